The van der Waals surface area contributed by atoms with E-state index in [2.05, 4.69) is 10.0 Å². The third-order valence-corrected chi connectivity index (χ3v) is 4.37. The lowest BCUT2D eigenvalue weighted by Crippen LogP contribution is -2.40. The van der Waals surface area contributed by atoms with Crippen molar-refractivity contribution in [3.05, 3.63) is 29.8 Å². The molecule has 0 radical (unpaired) electrons. The molecular weight excluding hydrogens is 264 g/mol. The van der Waals surface area contributed by atoms with Gasteiger partial charge in [0.05, 0.1) is 10.5 Å². The third kappa shape index (κ3) is 4.58. The highest BCUT2D eigenvalue weighted by atomic mass is 32.2. The minimum Gasteiger partial charge on any atom is -0.377 e. The van der Waals surface area contributed by atoms with Crippen LogP contribution in [0.15, 0.2) is 29.2 Å². The van der Waals surface area contributed by atoms with Crippen LogP contribution in [0.3, 0.4) is 0 Å². The van der Waals surface area contributed by atoms with E-state index in [9.17, 15) is 8.42 Å². The molecule has 6 heteroatoms. The number of nitrogens with one attached hydrogen (secondary N) is 2. The summed E-state index contributed by atoms with van der Waals surface area (Å²) in [6.45, 7) is 4.38. The van der Waals surface area contributed by atoms with Gasteiger partial charge >= 0.3 is 0 Å². The lowest BCUT2D eigenvalue weighted by molar-refractivity contribution is 0.0276. The predicted molar refractivity (Wildman–Crippen MR) is 75.5 cm³/mol. The molecule has 5 nitrogen and oxygen atoms in total. The van der Waals surface area contributed by atoms with E-state index in [-0.39, 0.29) is 6.54 Å². The van der Waals surface area contributed by atoms with Gasteiger partial charge in [0.1, 0.15) is 0 Å². The summed E-state index contributed by atoms with van der Waals surface area (Å²) in [6, 6.07) is 6.95. The van der Waals surface area contributed by atoms with E-state index in [1.54, 1.807) is 32.4 Å². The van der Waals surface area contributed by atoms with Gasteiger partial charge in [-0.05, 0) is 32.5 Å². The van der Waals surface area contributed by atoms with Crippen LogP contribution in [0.4, 0.5) is 0 Å². The number of hydrogen-bond acceptors (Lipinski definition) is 4. The van der Waals surface area contributed by atoms with E-state index < -0.39 is 15.6 Å². The van der Waals surface area contributed by atoms with Gasteiger partial charge in [0.25, 0.3) is 0 Å². The molecule has 0 atom stereocenters. The molecule has 1 aromatic carbocycles. The first-order valence-electron chi connectivity index (χ1n) is 6.10. The number of benzene rings is 1. The maximum Gasteiger partial charge on any atom is 0.240 e. The zero-order chi connectivity index (χ0) is 14.5. The Hall–Kier alpha value is -0.950. The Labute approximate surface area is 115 Å². The van der Waals surface area contributed by atoms with E-state index in [4.69, 9.17) is 4.74 Å². The number of sulfonamides is 1. The summed E-state index contributed by atoms with van der Waals surface area (Å²) in [4.78, 5) is 0.302. The second-order valence-electron chi connectivity index (χ2n) is 4.93. The van der Waals surface area contributed by atoms with Crippen molar-refractivity contribution in [2.75, 3.05) is 20.7 Å². The number of methoxy groups -OCH3 is 1. The summed E-state index contributed by atoms with van der Waals surface area (Å²) in [5.74, 6) is 0. The smallest absolute Gasteiger partial charge is 0.240 e. The van der Waals surface area contributed by atoms with Crippen LogP contribution in [-0.2, 0) is 21.3 Å². The minimum absolute atomic E-state index is 0.222. The Kier molecular flexibility index (Phi) is 5.49. The van der Waals surface area contributed by atoms with Gasteiger partial charge < -0.3 is 10.1 Å². The van der Waals surface area contributed by atoms with E-state index in [0.717, 1.165) is 5.56 Å². The Bertz CT molecular complexity index is 512. The van der Waals surface area contributed by atoms with Gasteiger partial charge in [0.2, 0.25) is 10.0 Å². The van der Waals surface area contributed by atoms with Crippen LogP contribution in [0.1, 0.15) is 19.4 Å². The SMILES string of the molecule is CNCc1ccccc1S(=O)(=O)NCC(C)(C)OC. The average Bonchev–Trinajstić information content (AvgIpc) is 2.38. The monoisotopic (exact) mass is 286 g/mol. The van der Waals surface area contributed by atoms with Crippen LogP contribution in [0.5, 0.6) is 0 Å². The molecule has 0 aliphatic rings. The first-order chi connectivity index (χ1) is 8.82. The predicted octanol–water partition coefficient (Wildman–Crippen LogP) is 1.11. The zero-order valence-corrected chi connectivity index (χ0v) is 12.7. The molecule has 0 amide bonds. The van der Waals surface area contributed by atoms with E-state index in [0.29, 0.717) is 11.4 Å². The van der Waals surface area contributed by atoms with Crippen LogP contribution >= 0.6 is 0 Å². The van der Waals surface area contributed by atoms with Crippen LogP contribution in [0.25, 0.3) is 0 Å². The van der Waals surface area contributed by atoms with Crippen molar-refractivity contribution in [2.45, 2.75) is 30.9 Å². The fourth-order valence-electron chi connectivity index (χ4n) is 1.52. The van der Waals surface area contributed by atoms with Gasteiger partial charge in [0.15, 0.2) is 0 Å². The van der Waals surface area contributed by atoms with Gasteiger partial charge in [-0.1, -0.05) is 18.2 Å². The zero-order valence-electron chi connectivity index (χ0n) is 11.9. The van der Waals surface area contributed by atoms with Crippen molar-refractivity contribution in [1.29, 1.82) is 0 Å². The molecule has 0 aromatic heterocycles. The van der Waals surface area contributed by atoms with Crippen molar-refractivity contribution in [2.24, 2.45) is 0 Å². The third-order valence-electron chi connectivity index (χ3n) is 2.87. The highest BCUT2D eigenvalue weighted by molar-refractivity contribution is 7.89. The number of hydrogen-bond donors (Lipinski definition) is 2. The maximum atomic E-state index is 12.3. The second kappa shape index (κ2) is 6.47. The van der Waals surface area contributed by atoms with Crippen molar-refractivity contribution in [3.63, 3.8) is 0 Å². The molecule has 1 rings (SSSR count). The Balaban J connectivity index is 2.95. The summed E-state index contributed by atoms with van der Waals surface area (Å²) >= 11 is 0. The van der Waals surface area contributed by atoms with E-state index in [1.807, 2.05) is 19.9 Å². The molecule has 0 heterocycles. The Morgan fingerprint density at radius 3 is 2.47 bits per heavy atom. The fraction of sp³-hybridized carbons (Fsp3) is 0.538. The topological polar surface area (TPSA) is 67.4 Å². The van der Waals surface area contributed by atoms with Gasteiger partial charge in [-0.15, -0.1) is 0 Å². The average molecular weight is 286 g/mol. The molecule has 2 N–H and O–H groups in total. The van der Waals surface area contributed by atoms with Crippen molar-refractivity contribution >= 4 is 10.0 Å². The van der Waals surface area contributed by atoms with Crippen molar-refractivity contribution < 1.29 is 13.2 Å². The van der Waals surface area contributed by atoms with Gasteiger partial charge in [-0.25, -0.2) is 13.1 Å². The van der Waals surface area contributed by atoms with Crippen molar-refractivity contribution in [3.8, 4) is 0 Å². The quantitative estimate of drug-likeness (QED) is 0.788. The summed E-state index contributed by atoms with van der Waals surface area (Å²) in [6.07, 6.45) is 0. The molecule has 1 aromatic rings. The molecule has 19 heavy (non-hydrogen) atoms. The molecule has 0 unspecified atom stereocenters. The summed E-state index contributed by atoms with van der Waals surface area (Å²) in [5.41, 5.74) is 0.207. The van der Waals surface area contributed by atoms with E-state index >= 15 is 0 Å². The largest absolute Gasteiger partial charge is 0.377 e. The fourth-order valence-corrected chi connectivity index (χ4v) is 2.96. The number of rotatable bonds is 7. The standard InChI is InChI=1S/C13H22N2O3S/c1-13(2,18-4)10-15-19(16,17)12-8-6-5-7-11(12)9-14-3/h5-8,14-15H,9-10H2,1-4H3. The molecule has 0 bridgehead atoms. The Morgan fingerprint density at radius 1 is 1.26 bits per heavy atom. The van der Waals surface area contributed by atoms with Gasteiger partial charge in [-0.3, -0.25) is 0 Å². The number of ether oxygens (including phenoxy) is 1. The highest BCUT2D eigenvalue weighted by Crippen LogP contribution is 2.16. The molecular formula is C13H22N2O3S. The minimum atomic E-state index is -3.53. The Morgan fingerprint density at radius 2 is 1.89 bits per heavy atom. The van der Waals surface area contributed by atoms with Crippen LogP contribution in [0, 0.1) is 0 Å². The first-order valence-corrected chi connectivity index (χ1v) is 7.58. The lowest BCUT2D eigenvalue weighted by Gasteiger charge is -2.23. The van der Waals surface area contributed by atoms with Gasteiger partial charge in [-0.2, -0.15) is 0 Å². The molecule has 0 aliphatic carbocycles. The summed E-state index contributed by atoms with van der Waals surface area (Å²) < 4.78 is 32.4. The second-order valence-corrected chi connectivity index (χ2v) is 6.66. The van der Waals surface area contributed by atoms with Gasteiger partial charge in [0, 0.05) is 20.2 Å². The maximum absolute atomic E-state index is 12.3. The summed E-state index contributed by atoms with van der Waals surface area (Å²) in [7, 11) is -0.185. The van der Waals surface area contributed by atoms with Crippen LogP contribution in [-0.4, -0.2) is 34.7 Å². The lowest BCUT2D eigenvalue weighted by atomic mass is 10.1. The summed E-state index contributed by atoms with van der Waals surface area (Å²) in [5, 5.41) is 2.96. The van der Waals surface area contributed by atoms with Crippen molar-refractivity contribution in [1.82, 2.24) is 10.0 Å². The highest BCUT2D eigenvalue weighted by Gasteiger charge is 2.23. The molecule has 0 saturated carbocycles. The van der Waals surface area contributed by atoms with Crippen LogP contribution < -0.4 is 10.0 Å². The molecule has 0 spiro atoms. The van der Waals surface area contributed by atoms with E-state index in [1.165, 1.54) is 0 Å². The first kappa shape index (κ1) is 16.1. The van der Waals surface area contributed by atoms with Crippen LogP contribution in [0.2, 0.25) is 0 Å². The normalized spacial score (nSPS) is 12.6. The molecule has 0 aliphatic heterocycles. The molecule has 0 saturated heterocycles. The molecule has 0 fully saturated rings. The molecule has 108 valence electrons.